The van der Waals surface area contributed by atoms with E-state index >= 15 is 0 Å². The van der Waals surface area contributed by atoms with Gasteiger partial charge in [-0.2, -0.15) is 0 Å². The SMILES string of the molecule is CC(C)N1CN(C)c2ncncc21. The summed E-state index contributed by atoms with van der Waals surface area (Å²) in [6.45, 7) is 5.26. The second kappa shape index (κ2) is 2.87. The predicted octanol–water partition coefficient (Wildman–Crippen LogP) is 1.10. The molecule has 0 atom stereocenters. The van der Waals surface area contributed by atoms with E-state index in [0.717, 1.165) is 18.2 Å². The van der Waals surface area contributed by atoms with E-state index < -0.39 is 0 Å². The first-order valence-corrected chi connectivity index (χ1v) is 4.48. The zero-order chi connectivity index (χ0) is 9.42. The van der Waals surface area contributed by atoms with Crippen molar-refractivity contribution < 1.29 is 0 Å². The Morgan fingerprint density at radius 2 is 2.23 bits per heavy atom. The zero-order valence-corrected chi connectivity index (χ0v) is 8.23. The van der Waals surface area contributed by atoms with Crippen molar-refractivity contribution in [1.82, 2.24) is 9.97 Å². The molecule has 1 aromatic rings. The minimum Gasteiger partial charge on any atom is -0.347 e. The largest absolute Gasteiger partial charge is 0.347 e. The van der Waals surface area contributed by atoms with Gasteiger partial charge in [0.05, 0.1) is 12.9 Å². The molecule has 1 aliphatic rings. The number of hydrogen-bond donors (Lipinski definition) is 0. The van der Waals surface area contributed by atoms with Gasteiger partial charge < -0.3 is 9.80 Å². The van der Waals surface area contributed by atoms with Gasteiger partial charge in [0, 0.05) is 13.1 Å². The molecule has 0 aromatic carbocycles. The Hall–Kier alpha value is -1.32. The molecule has 0 spiro atoms. The van der Waals surface area contributed by atoms with Crippen LogP contribution in [0.2, 0.25) is 0 Å². The lowest BCUT2D eigenvalue weighted by atomic mass is 10.3. The number of fused-ring (bicyclic) bond motifs is 1. The van der Waals surface area contributed by atoms with Gasteiger partial charge in [0.15, 0.2) is 5.82 Å². The molecular formula is C9H14N4. The normalized spacial score (nSPS) is 15.4. The topological polar surface area (TPSA) is 32.3 Å². The van der Waals surface area contributed by atoms with Crippen LogP contribution in [0.3, 0.4) is 0 Å². The molecule has 4 heteroatoms. The smallest absolute Gasteiger partial charge is 0.156 e. The Morgan fingerprint density at radius 3 is 2.92 bits per heavy atom. The molecule has 13 heavy (non-hydrogen) atoms. The molecule has 4 nitrogen and oxygen atoms in total. The van der Waals surface area contributed by atoms with Gasteiger partial charge in [0.25, 0.3) is 0 Å². The van der Waals surface area contributed by atoms with Crippen molar-refractivity contribution in [3.8, 4) is 0 Å². The molecule has 2 heterocycles. The maximum atomic E-state index is 4.25. The number of nitrogens with zero attached hydrogens (tertiary/aromatic N) is 4. The lowest BCUT2D eigenvalue weighted by Crippen LogP contribution is -2.33. The van der Waals surface area contributed by atoms with Crippen molar-refractivity contribution in [3.63, 3.8) is 0 Å². The highest BCUT2D eigenvalue weighted by molar-refractivity contribution is 5.71. The molecular weight excluding hydrogens is 164 g/mol. The summed E-state index contributed by atoms with van der Waals surface area (Å²) in [7, 11) is 2.05. The van der Waals surface area contributed by atoms with E-state index in [1.54, 1.807) is 6.33 Å². The fraction of sp³-hybridized carbons (Fsp3) is 0.556. The average Bonchev–Trinajstić information content (AvgIpc) is 2.45. The minimum atomic E-state index is 0.495. The summed E-state index contributed by atoms with van der Waals surface area (Å²) in [6, 6.07) is 0.495. The van der Waals surface area contributed by atoms with Crippen LogP contribution in [-0.2, 0) is 0 Å². The van der Waals surface area contributed by atoms with Crippen LogP contribution in [0, 0.1) is 0 Å². The van der Waals surface area contributed by atoms with Crippen LogP contribution >= 0.6 is 0 Å². The Bertz CT molecular complexity index is 310. The van der Waals surface area contributed by atoms with Crippen LogP contribution in [0.4, 0.5) is 11.5 Å². The summed E-state index contributed by atoms with van der Waals surface area (Å²) in [5.74, 6) is 1.03. The van der Waals surface area contributed by atoms with Gasteiger partial charge in [0.1, 0.15) is 12.0 Å². The summed E-state index contributed by atoms with van der Waals surface area (Å²) >= 11 is 0. The molecule has 0 N–H and O–H groups in total. The van der Waals surface area contributed by atoms with Gasteiger partial charge in [-0.3, -0.25) is 0 Å². The van der Waals surface area contributed by atoms with Crippen molar-refractivity contribution >= 4 is 11.5 Å². The van der Waals surface area contributed by atoms with Gasteiger partial charge in [-0.05, 0) is 13.8 Å². The van der Waals surface area contributed by atoms with Gasteiger partial charge in [-0.25, -0.2) is 9.97 Å². The molecule has 0 saturated heterocycles. The maximum Gasteiger partial charge on any atom is 0.156 e. The Morgan fingerprint density at radius 1 is 1.46 bits per heavy atom. The second-order valence-electron chi connectivity index (χ2n) is 3.63. The first kappa shape index (κ1) is 8.29. The van der Waals surface area contributed by atoms with Crippen LogP contribution in [-0.4, -0.2) is 29.7 Å². The maximum absolute atomic E-state index is 4.25. The third kappa shape index (κ3) is 1.22. The zero-order valence-electron chi connectivity index (χ0n) is 8.23. The van der Waals surface area contributed by atoms with Crippen molar-refractivity contribution in [2.75, 3.05) is 23.5 Å². The summed E-state index contributed by atoms with van der Waals surface area (Å²) in [5, 5.41) is 0. The highest BCUT2D eigenvalue weighted by Gasteiger charge is 2.25. The van der Waals surface area contributed by atoms with E-state index in [2.05, 4.69) is 33.6 Å². The van der Waals surface area contributed by atoms with Gasteiger partial charge in [-0.15, -0.1) is 0 Å². The van der Waals surface area contributed by atoms with Gasteiger partial charge in [0.2, 0.25) is 0 Å². The molecule has 70 valence electrons. The highest BCUT2D eigenvalue weighted by Crippen LogP contribution is 2.32. The van der Waals surface area contributed by atoms with E-state index in [0.29, 0.717) is 6.04 Å². The van der Waals surface area contributed by atoms with E-state index in [1.165, 1.54) is 0 Å². The van der Waals surface area contributed by atoms with Gasteiger partial charge in [-0.1, -0.05) is 0 Å². The van der Waals surface area contributed by atoms with E-state index in [-0.39, 0.29) is 0 Å². The fourth-order valence-corrected chi connectivity index (χ4v) is 1.63. The Labute approximate surface area is 78.2 Å². The van der Waals surface area contributed by atoms with Crippen LogP contribution < -0.4 is 9.80 Å². The first-order valence-electron chi connectivity index (χ1n) is 4.48. The summed E-state index contributed by atoms with van der Waals surface area (Å²) in [6.07, 6.45) is 3.48. The minimum absolute atomic E-state index is 0.495. The number of hydrogen-bond acceptors (Lipinski definition) is 4. The molecule has 0 aliphatic carbocycles. The van der Waals surface area contributed by atoms with E-state index in [1.807, 2.05) is 13.2 Å². The van der Waals surface area contributed by atoms with Crippen molar-refractivity contribution in [2.24, 2.45) is 0 Å². The lowest BCUT2D eigenvalue weighted by molar-refractivity contribution is 0.701. The van der Waals surface area contributed by atoms with Crippen LogP contribution in [0.15, 0.2) is 12.5 Å². The van der Waals surface area contributed by atoms with Crippen molar-refractivity contribution in [1.29, 1.82) is 0 Å². The van der Waals surface area contributed by atoms with Gasteiger partial charge >= 0.3 is 0 Å². The molecule has 0 fully saturated rings. The molecule has 0 unspecified atom stereocenters. The van der Waals surface area contributed by atoms with Crippen LogP contribution in [0.5, 0.6) is 0 Å². The molecule has 0 amide bonds. The number of rotatable bonds is 1. The molecule has 2 rings (SSSR count). The lowest BCUT2D eigenvalue weighted by Gasteiger charge is -2.22. The van der Waals surface area contributed by atoms with Crippen LogP contribution in [0.25, 0.3) is 0 Å². The third-order valence-electron chi connectivity index (χ3n) is 2.33. The highest BCUT2D eigenvalue weighted by atomic mass is 15.4. The van der Waals surface area contributed by atoms with Crippen molar-refractivity contribution in [2.45, 2.75) is 19.9 Å². The third-order valence-corrected chi connectivity index (χ3v) is 2.33. The molecule has 1 aromatic heterocycles. The Balaban J connectivity index is 2.41. The molecule has 0 bridgehead atoms. The summed E-state index contributed by atoms with van der Waals surface area (Å²) in [5.41, 5.74) is 1.14. The first-order chi connectivity index (χ1) is 6.20. The van der Waals surface area contributed by atoms with E-state index in [9.17, 15) is 0 Å². The second-order valence-corrected chi connectivity index (χ2v) is 3.63. The Kier molecular flexibility index (Phi) is 1.83. The summed E-state index contributed by atoms with van der Waals surface area (Å²) in [4.78, 5) is 12.7. The average molecular weight is 178 g/mol. The van der Waals surface area contributed by atoms with Crippen LogP contribution in [0.1, 0.15) is 13.8 Å². The molecule has 1 aliphatic heterocycles. The molecule has 0 radical (unpaired) electrons. The quantitative estimate of drug-likeness (QED) is 0.644. The summed E-state index contributed by atoms with van der Waals surface area (Å²) < 4.78 is 0. The number of anilines is 2. The number of aromatic nitrogens is 2. The van der Waals surface area contributed by atoms with E-state index in [4.69, 9.17) is 0 Å². The van der Waals surface area contributed by atoms with Crippen molar-refractivity contribution in [3.05, 3.63) is 12.5 Å². The fourth-order valence-electron chi connectivity index (χ4n) is 1.63. The standard InChI is InChI=1S/C9H14N4/c1-7(2)13-6-12(3)9-8(13)4-10-5-11-9/h4-5,7H,6H2,1-3H3. The molecule has 0 saturated carbocycles. The predicted molar refractivity (Wildman–Crippen MR) is 52.9 cm³/mol. The monoisotopic (exact) mass is 178 g/mol.